The van der Waals surface area contributed by atoms with Gasteiger partial charge in [0.05, 0.1) is 6.42 Å². The number of amides is 1. The first-order chi connectivity index (χ1) is 7.34. The Balaban J connectivity index is 2.53. The molecule has 0 aromatic heterocycles. The van der Waals surface area contributed by atoms with Crippen molar-refractivity contribution in [1.82, 2.24) is 4.90 Å². The molecule has 0 aliphatic heterocycles. The third-order valence-corrected chi connectivity index (χ3v) is 3.59. The molecule has 1 atom stereocenters. The number of nitrogens with zero attached hydrogens (tertiary/aromatic N) is 1. The van der Waals surface area contributed by atoms with Crippen molar-refractivity contribution in [2.24, 2.45) is 11.3 Å². The van der Waals surface area contributed by atoms with E-state index in [9.17, 15) is 9.59 Å². The van der Waals surface area contributed by atoms with Gasteiger partial charge in [-0.1, -0.05) is 20.3 Å². The maximum Gasteiger partial charge on any atom is 0.305 e. The van der Waals surface area contributed by atoms with Crippen LogP contribution in [-0.4, -0.2) is 35.5 Å². The molecule has 0 aromatic rings. The number of hydrogen-bond donors (Lipinski definition) is 1. The number of aliphatic carboxylic acids is 1. The number of carbonyl (C=O) groups is 2. The van der Waals surface area contributed by atoms with E-state index in [0.717, 1.165) is 19.3 Å². The summed E-state index contributed by atoms with van der Waals surface area (Å²) in [5.41, 5.74) is 0.0641. The van der Waals surface area contributed by atoms with E-state index in [1.54, 1.807) is 11.9 Å². The largest absolute Gasteiger partial charge is 0.481 e. The van der Waals surface area contributed by atoms with Crippen LogP contribution in [0.1, 0.15) is 39.5 Å². The van der Waals surface area contributed by atoms with Gasteiger partial charge in [-0.2, -0.15) is 0 Å². The molecule has 92 valence electrons. The van der Waals surface area contributed by atoms with Gasteiger partial charge in [-0.15, -0.1) is 0 Å². The molecule has 0 spiro atoms. The number of rotatable bonds is 4. The summed E-state index contributed by atoms with van der Waals surface area (Å²) in [4.78, 5) is 24.1. The molecular formula is C12H21NO3. The van der Waals surface area contributed by atoms with Crippen LogP contribution in [0.3, 0.4) is 0 Å². The second-order valence-electron chi connectivity index (χ2n) is 5.34. The zero-order valence-corrected chi connectivity index (χ0v) is 10.3. The summed E-state index contributed by atoms with van der Waals surface area (Å²) in [7, 11) is 1.69. The highest BCUT2D eigenvalue weighted by molar-refractivity contribution is 5.80. The monoisotopic (exact) mass is 227 g/mol. The minimum Gasteiger partial charge on any atom is -0.481 e. The summed E-state index contributed by atoms with van der Waals surface area (Å²) in [6.45, 7) is 4.54. The molecule has 1 saturated carbocycles. The fourth-order valence-corrected chi connectivity index (χ4v) is 2.42. The summed E-state index contributed by atoms with van der Waals surface area (Å²) in [5.74, 6) is -0.694. The molecule has 0 heterocycles. The Morgan fingerprint density at radius 1 is 1.44 bits per heavy atom. The lowest BCUT2D eigenvalue weighted by Crippen LogP contribution is -2.38. The van der Waals surface area contributed by atoms with E-state index in [1.165, 1.54) is 0 Å². The van der Waals surface area contributed by atoms with E-state index in [-0.39, 0.29) is 23.7 Å². The molecule has 1 rings (SSSR count). The van der Waals surface area contributed by atoms with E-state index in [4.69, 9.17) is 5.11 Å². The number of carboxylic acids is 1. The van der Waals surface area contributed by atoms with E-state index >= 15 is 0 Å². The topological polar surface area (TPSA) is 57.6 Å². The lowest BCUT2D eigenvalue weighted by Gasteiger charge is -2.29. The van der Waals surface area contributed by atoms with Crippen molar-refractivity contribution >= 4 is 11.9 Å². The summed E-state index contributed by atoms with van der Waals surface area (Å²) < 4.78 is 0. The molecule has 1 amide bonds. The number of hydrogen-bond acceptors (Lipinski definition) is 2. The van der Waals surface area contributed by atoms with Crippen molar-refractivity contribution in [2.75, 3.05) is 13.6 Å². The maximum absolute atomic E-state index is 12.1. The minimum absolute atomic E-state index is 0.0232. The van der Waals surface area contributed by atoms with Crippen LogP contribution in [0.15, 0.2) is 0 Å². The Bertz CT molecular complexity index is 286. The number of carboxylic acid groups (broad SMARTS) is 1. The third-order valence-electron chi connectivity index (χ3n) is 3.59. The molecule has 4 heteroatoms. The first kappa shape index (κ1) is 13.0. The summed E-state index contributed by atoms with van der Waals surface area (Å²) >= 11 is 0. The van der Waals surface area contributed by atoms with Crippen molar-refractivity contribution in [3.63, 3.8) is 0 Å². The van der Waals surface area contributed by atoms with Gasteiger partial charge in [0, 0.05) is 19.5 Å². The van der Waals surface area contributed by atoms with Crippen LogP contribution in [0, 0.1) is 11.3 Å². The molecule has 1 aliphatic rings. The van der Waals surface area contributed by atoms with E-state index in [0.29, 0.717) is 6.54 Å². The van der Waals surface area contributed by atoms with Crippen LogP contribution in [-0.2, 0) is 9.59 Å². The van der Waals surface area contributed by atoms with Gasteiger partial charge in [-0.25, -0.2) is 0 Å². The molecule has 1 N–H and O–H groups in total. The van der Waals surface area contributed by atoms with Crippen molar-refractivity contribution in [1.29, 1.82) is 0 Å². The summed E-state index contributed by atoms with van der Waals surface area (Å²) in [6, 6.07) is 0. The summed E-state index contributed by atoms with van der Waals surface area (Å²) in [5, 5.41) is 8.57. The Morgan fingerprint density at radius 3 is 2.50 bits per heavy atom. The SMILES string of the molecule is CN(CCC(=O)O)C(=O)C1CCCC1(C)C. The van der Waals surface area contributed by atoms with Crippen molar-refractivity contribution in [2.45, 2.75) is 39.5 Å². The van der Waals surface area contributed by atoms with Gasteiger partial charge >= 0.3 is 5.97 Å². The predicted molar refractivity (Wildman–Crippen MR) is 61.0 cm³/mol. The lowest BCUT2D eigenvalue weighted by atomic mass is 9.81. The van der Waals surface area contributed by atoms with E-state index in [2.05, 4.69) is 13.8 Å². The fourth-order valence-electron chi connectivity index (χ4n) is 2.42. The fraction of sp³-hybridized carbons (Fsp3) is 0.833. The van der Waals surface area contributed by atoms with Gasteiger partial charge in [-0.05, 0) is 18.3 Å². The highest BCUT2D eigenvalue weighted by Gasteiger charge is 2.40. The van der Waals surface area contributed by atoms with Gasteiger partial charge < -0.3 is 10.0 Å². The molecular weight excluding hydrogens is 206 g/mol. The van der Waals surface area contributed by atoms with E-state index < -0.39 is 5.97 Å². The first-order valence-electron chi connectivity index (χ1n) is 5.81. The zero-order valence-electron chi connectivity index (χ0n) is 10.3. The van der Waals surface area contributed by atoms with Crippen LogP contribution in [0.4, 0.5) is 0 Å². The molecule has 4 nitrogen and oxygen atoms in total. The molecule has 16 heavy (non-hydrogen) atoms. The van der Waals surface area contributed by atoms with Crippen molar-refractivity contribution in [3.8, 4) is 0 Å². The molecule has 0 bridgehead atoms. The second kappa shape index (κ2) is 4.85. The van der Waals surface area contributed by atoms with Gasteiger partial charge in [0.1, 0.15) is 0 Å². The zero-order chi connectivity index (χ0) is 12.3. The first-order valence-corrected chi connectivity index (χ1v) is 5.81. The Labute approximate surface area is 96.6 Å². The maximum atomic E-state index is 12.1. The molecule has 0 radical (unpaired) electrons. The van der Waals surface area contributed by atoms with E-state index in [1.807, 2.05) is 0 Å². The van der Waals surface area contributed by atoms with Gasteiger partial charge in [-0.3, -0.25) is 9.59 Å². The van der Waals surface area contributed by atoms with Crippen molar-refractivity contribution in [3.05, 3.63) is 0 Å². The quantitative estimate of drug-likeness (QED) is 0.796. The van der Waals surface area contributed by atoms with Crippen LogP contribution >= 0.6 is 0 Å². The Hall–Kier alpha value is -1.06. The highest BCUT2D eigenvalue weighted by atomic mass is 16.4. The highest BCUT2D eigenvalue weighted by Crippen LogP contribution is 2.43. The predicted octanol–water partition coefficient (Wildman–Crippen LogP) is 1.75. The van der Waals surface area contributed by atoms with Crippen molar-refractivity contribution < 1.29 is 14.7 Å². The molecule has 1 unspecified atom stereocenters. The smallest absolute Gasteiger partial charge is 0.305 e. The Kier molecular flexibility index (Phi) is 3.94. The normalized spacial score (nSPS) is 23.1. The number of carbonyl (C=O) groups excluding carboxylic acids is 1. The molecule has 1 aliphatic carbocycles. The minimum atomic E-state index is -0.856. The second-order valence-corrected chi connectivity index (χ2v) is 5.34. The third kappa shape index (κ3) is 2.97. The van der Waals surface area contributed by atoms with Gasteiger partial charge in [0.25, 0.3) is 0 Å². The summed E-state index contributed by atoms with van der Waals surface area (Å²) in [6.07, 6.45) is 3.13. The standard InChI is InChI=1S/C12H21NO3/c1-12(2)7-4-5-9(12)11(16)13(3)8-6-10(14)15/h9H,4-8H2,1-3H3,(H,14,15). The van der Waals surface area contributed by atoms with Gasteiger partial charge in [0.15, 0.2) is 0 Å². The van der Waals surface area contributed by atoms with Crippen LogP contribution < -0.4 is 0 Å². The lowest BCUT2D eigenvalue weighted by molar-refractivity contribution is -0.140. The molecule has 1 fully saturated rings. The molecule has 0 aromatic carbocycles. The average molecular weight is 227 g/mol. The Morgan fingerprint density at radius 2 is 2.06 bits per heavy atom. The molecule has 0 saturated heterocycles. The van der Waals surface area contributed by atoms with Crippen LogP contribution in [0.5, 0.6) is 0 Å². The van der Waals surface area contributed by atoms with Crippen LogP contribution in [0.25, 0.3) is 0 Å². The van der Waals surface area contributed by atoms with Crippen LogP contribution in [0.2, 0.25) is 0 Å². The van der Waals surface area contributed by atoms with Gasteiger partial charge in [0.2, 0.25) is 5.91 Å². The average Bonchev–Trinajstić information content (AvgIpc) is 2.53.